The Hall–Kier alpha value is -2.79. The van der Waals surface area contributed by atoms with Gasteiger partial charge in [-0.15, -0.1) is 0 Å². The standard InChI is InChI=1S/C21H22FN3O/c1-24(2)20(16-8-6-9-17(22)13-16)21(26)25(3)14-18-12-11-15-7-4-5-10-19(15)23-18/h4-13,20H,14H2,1-3H3/t20-/m1/s1. The molecule has 4 nitrogen and oxygen atoms in total. The average molecular weight is 351 g/mol. The molecule has 0 radical (unpaired) electrons. The topological polar surface area (TPSA) is 36.4 Å². The Morgan fingerprint density at radius 2 is 1.81 bits per heavy atom. The highest BCUT2D eigenvalue weighted by molar-refractivity contribution is 5.83. The molecular weight excluding hydrogens is 329 g/mol. The van der Waals surface area contributed by atoms with E-state index in [1.807, 2.05) is 50.5 Å². The zero-order valence-corrected chi connectivity index (χ0v) is 15.2. The summed E-state index contributed by atoms with van der Waals surface area (Å²) in [5.41, 5.74) is 2.36. The van der Waals surface area contributed by atoms with Crippen molar-refractivity contribution in [3.05, 3.63) is 77.7 Å². The van der Waals surface area contributed by atoms with Gasteiger partial charge in [0.05, 0.1) is 17.8 Å². The zero-order valence-electron chi connectivity index (χ0n) is 15.2. The molecule has 1 atom stereocenters. The molecule has 0 unspecified atom stereocenters. The monoisotopic (exact) mass is 351 g/mol. The van der Waals surface area contributed by atoms with Crippen molar-refractivity contribution in [2.24, 2.45) is 0 Å². The van der Waals surface area contributed by atoms with Gasteiger partial charge in [-0.2, -0.15) is 0 Å². The van der Waals surface area contributed by atoms with Crippen molar-refractivity contribution in [1.82, 2.24) is 14.8 Å². The van der Waals surface area contributed by atoms with Crippen molar-refractivity contribution < 1.29 is 9.18 Å². The van der Waals surface area contributed by atoms with Crippen LogP contribution in [0, 0.1) is 5.82 Å². The van der Waals surface area contributed by atoms with Crippen LogP contribution < -0.4 is 0 Å². The van der Waals surface area contributed by atoms with E-state index in [-0.39, 0.29) is 11.7 Å². The average Bonchev–Trinajstić information content (AvgIpc) is 2.61. The fraction of sp³-hybridized carbons (Fsp3) is 0.238. The molecule has 0 aliphatic heterocycles. The molecule has 5 heteroatoms. The lowest BCUT2D eigenvalue weighted by molar-refractivity contribution is -0.135. The first-order valence-corrected chi connectivity index (χ1v) is 8.47. The molecule has 1 heterocycles. The SMILES string of the molecule is CN(Cc1ccc2ccccc2n1)C(=O)[C@@H](c1cccc(F)c1)N(C)C. The van der Waals surface area contributed by atoms with Crippen molar-refractivity contribution in [3.8, 4) is 0 Å². The minimum atomic E-state index is -0.545. The first-order chi connectivity index (χ1) is 12.5. The number of pyridine rings is 1. The van der Waals surface area contributed by atoms with Gasteiger partial charge in [0.2, 0.25) is 5.91 Å². The maximum atomic E-state index is 13.6. The fourth-order valence-corrected chi connectivity index (χ4v) is 3.06. The van der Waals surface area contributed by atoms with Gasteiger partial charge in [-0.05, 0) is 43.9 Å². The molecule has 134 valence electrons. The number of aromatic nitrogens is 1. The lowest BCUT2D eigenvalue weighted by Gasteiger charge is -2.28. The van der Waals surface area contributed by atoms with Crippen LogP contribution in [0.15, 0.2) is 60.7 Å². The van der Waals surface area contributed by atoms with Crippen molar-refractivity contribution in [2.45, 2.75) is 12.6 Å². The molecule has 0 saturated carbocycles. The quantitative estimate of drug-likeness (QED) is 0.704. The second-order valence-electron chi connectivity index (χ2n) is 6.61. The van der Waals surface area contributed by atoms with Crippen LogP contribution in [0.4, 0.5) is 4.39 Å². The molecule has 1 aromatic heterocycles. The van der Waals surface area contributed by atoms with Crippen LogP contribution in [0.5, 0.6) is 0 Å². The Bertz CT molecular complexity index is 926. The summed E-state index contributed by atoms with van der Waals surface area (Å²) in [5.74, 6) is -0.448. The van der Waals surface area contributed by atoms with E-state index in [4.69, 9.17) is 0 Å². The predicted molar refractivity (Wildman–Crippen MR) is 101 cm³/mol. The summed E-state index contributed by atoms with van der Waals surface area (Å²) in [6, 6.07) is 17.4. The smallest absolute Gasteiger partial charge is 0.244 e. The minimum Gasteiger partial charge on any atom is -0.338 e. The summed E-state index contributed by atoms with van der Waals surface area (Å²) >= 11 is 0. The van der Waals surface area contributed by atoms with Crippen LogP contribution >= 0.6 is 0 Å². The molecule has 0 N–H and O–H groups in total. The van der Waals surface area contributed by atoms with Gasteiger partial charge in [0, 0.05) is 12.4 Å². The number of amides is 1. The van der Waals surface area contributed by atoms with Crippen LogP contribution in [0.1, 0.15) is 17.3 Å². The van der Waals surface area contributed by atoms with Crippen molar-refractivity contribution in [3.63, 3.8) is 0 Å². The van der Waals surface area contributed by atoms with Gasteiger partial charge in [-0.3, -0.25) is 14.7 Å². The predicted octanol–water partition coefficient (Wildman–Crippen LogP) is 3.64. The van der Waals surface area contributed by atoms with Crippen molar-refractivity contribution in [1.29, 1.82) is 0 Å². The summed E-state index contributed by atoms with van der Waals surface area (Å²) in [5, 5.41) is 1.07. The molecule has 2 aromatic carbocycles. The third kappa shape index (κ3) is 3.89. The van der Waals surface area contributed by atoms with E-state index >= 15 is 0 Å². The molecule has 26 heavy (non-hydrogen) atoms. The summed E-state index contributed by atoms with van der Waals surface area (Å²) in [6.45, 7) is 0.392. The molecule has 0 aliphatic rings. The molecule has 1 amide bonds. The highest BCUT2D eigenvalue weighted by atomic mass is 19.1. The van der Waals surface area contributed by atoms with Crippen LogP contribution in [0.25, 0.3) is 10.9 Å². The third-order valence-corrected chi connectivity index (χ3v) is 4.35. The molecular formula is C21H22FN3O. The van der Waals surface area contributed by atoms with E-state index in [2.05, 4.69) is 4.98 Å². The summed E-state index contributed by atoms with van der Waals surface area (Å²) in [6.07, 6.45) is 0. The normalized spacial score (nSPS) is 12.3. The molecule has 3 aromatic rings. The van der Waals surface area contributed by atoms with E-state index in [0.717, 1.165) is 16.6 Å². The maximum Gasteiger partial charge on any atom is 0.244 e. The zero-order chi connectivity index (χ0) is 18.7. The third-order valence-electron chi connectivity index (χ3n) is 4.35. The molecule has 0 spiro atoms. The van der Waals surface area contributed by atoms with Gasteiger partial charge in [0.25, 0.3) is 0 Å². The number of rotatable bonds is 5. The number of hydrogen-bond donors (Lipinski definition) is 0. The number of nitrogens with zero attached hydrogens (tertiary/aromatic N) is 3. The van der Waals surface area contributed by atoms with Crippen molar-refractivity contribution in [2.75, 3.05) is 21.1 Å². The van der Waals surface area contributed by atoms with Gasteiger partial charge in [-0.1, -0.05) is 36.4 Å². The number of benzene rings is 2. The number of para-hydroxylation sites is 1. The molecule has 0 bridgehead atoms. The Morgan fingerprint density at radius 3 is 2.54 bits per heavy atom. The first kappa shape index (κ1) is 18.0. The Kier molecular flexibility index (Phi) is 5.28. The largest absolute Gasteiger partial charge is 0.338 e. The second kappa shape index (κ2) is 7.62. The van der Waals surface area contributed by atoms with E-state index < -0.39 is 6.04 Å². The molecule has 0 fully saturated rings. The van der Waals surface area contributed by atoms with E-state index in [1.165, 1.54) is 12.1 Å². The van der Waals surface area contributed by atoms with Gasteiger partial charge in [-0.25, -0.2) is 4.39 Å². The number of halogens is 1. The lowest BCUT2D eigenvalue weighted by atomic mass is 10.0. The highest BCUT2D eigenvalue weighted by Gasteiger charge is 2.26. The summed E-state index contributed by atoms with van der Waals surface area (Å²) < 4.78 is 13.6. The first-order valence-electron chi connectivity index (χ1n) is 8.47. The van der Waals surface area contributed by atoms with Gasteiger partial charge < -0.3 is 4.90 Å². The van der Waals surface area contributed by atoms with Crippen LogP contribution in [-0.2, 0) is 11.3 Å². The second-order valence-corrected chi connectivity index (χ2v) is 6.61. The van der Waals surface area contributed by atoms with Gasteiger partial charge in [0.15, 0.2) is 0 Å². The van der Waals surface area contributed by atoms with Crippen LogP contribution in [-0.4, -0.2) is 41.8 Å². The van der Waals surface area contributed by atoms with E-state index in [0.29, 0.717) is 12.1 Å². The summed E-state index contributed by atoms with van der Waals surface area (Å²) in [4.78, 5) is 21.0. The summed E-state index contributed by atoms with van der Waals surface area (Å²) in [7, 11) is 5.38. The number of hydrogen-bond acceptors (Lipinski definition) is 3. The van der Waals surface area contributed by atoms with Crippen LogP contribution in [0.2, 0.25) is 0 Å². The lowest BCUT2D eigenvalue weighted by Crippen LogP contribution is -2.38. The Balaban J connectivity index is 1.82. The minimum absolute atomic E-state index is 0.101. The number of likely N-dealkylation sites (N-methyl/N-ethyl adjacent to an activating group) is 2. The highest BCUT2D eigenvalue weighted by Crippen LogP contribution is 2.22. The molecule has 0 aliphatic carbocycles. The number of carbonyl (C=O) groups is 1. The van der Waals surface area contributed by atoms with Gasteiger partial charge >= 0.3 is 0 Å². The molecule has 3 rings (SSSR count). The Morgan fingerprint density at radius 1 is 1.04 bits per heavy atom. The molecule has 0 saturated heterocycles. The van der Waals surface area contributed by atoms with E-state index in [9.17, 15) is 9.18 Å². The van der Waals surface area contributed by atoms with E-state index in [1.54, 1.807) is 29.0 Å². The Labute approximate surface area is 152 Å². The van der Waals surface area contributed by atoms with Crippen LogP contribution in [0.3, 0.4) is 0 Å². The van der Waals surface area contributed by atoms with Gasteiger partial charge in [0.1, 0.15) is 11.9 Å². The van der Waals surface area contributed by atoms with Crippen molar-refractivity contribution >= 4 is 16.8 Å². The number of carbonyl (C=O) groups excluding carboxylic acids is 1. The fourth-order valence-electron chi connectivity index (χ4n) is 3.06. The number of fused-ring (bicyclic) bond motifs is 1. The maximum absolute atomic E-state index is 13.6.